The van der Waals surface area contributed by atoms with Crippen LogP contribution < -0.4 is 10.6 Å². The largest absolute Gasteiger partial charge is 0.480 e. The summed E-state index contributed by atoms with van der Waals surface area (Å²) in [7, 11) is 0. The van der Waals surface area contributed by atoms with Gasteiger partial charge in [-0.05, 0) is 19.3 Å². The Morgan fingerprint density at radius 1 is 1.47 bits per heavy atom. The summed E-state index contributed by atoms with van der Waals surface area (Å²) in [6, 6.07) is -0.230. The van der Waals surface area contributed by atoms with Crippen LogP contribution in [0.25, 0.3) is 0 Å². The van der Waals surface area contributed by atoms with Gasteiger partial charge in [0.15, 0.2) is 0 Å². The second-order valence-electron chi connectivity index (χ2n) is 4.00. The van der Waals surface area contributed by atoms with E-state index in [0.717, 1.165) is 18.1 Å². The summed E-state index contributed by atoms with van der Waals surface area (Å²) in [5, 5.41) is 14.7. The van der Waals surface area contributed by atoms with Crippen molar-refractivity contribution in [2.75, 3.05) is 11.6 Å². The first-order valence-corrected chi connectivity index (χ1v) is 6.16. The van der Waals surface area contributed by atoms with Crippen molar-refractivity contribution in [1.29, 1.82) is 0 Å². The van der Waals surface area contributed by atoms with Gasteiger partial charge in [-0.2, -0.15) is 0 Å². The molecule has 1 aliphatic carbocycles. The first-order valence-electron chi connectivity index (χ1n) is 5.01. The smallest absolute Gasteiger partial charge is 0.329 e. The second kappa shape index (κ2) is 4.02. The van der Waals surface area contributed by atoms with Gasteiger partial charge in [0.2, 0.25) is 5.91 Å². The molecule has 84 valence electrons. The number of aliphatic carboxylic acids is 1. The molecule has 2 aliphatic rings. The molecular weight excluding hydrogens is 216 g/mol. The van der Waals surface area contributed by atoms with E-state index in [1.165, 1.54) is 0 Å². The minimum Gasteiger partial charge on any atom is -0.480 e. The highest BCUT2D eigenvalue weighted by Crippen LogP contribution is 2.32. The molecule has 2 rings (SSSR count). The van der Waals surface area contributed by atoms with E-state index >= 15 is 0 Å². The number of hydrogen-bond donors (Lipinski definition) is 3. The van der Waals surface area contributed by atoms with Crippen LogP contribution in [0.1, 0.15) is 19.3 Å². The Morgan fingerprint density at radius 2 is 2.20 bits per heavy atom. The van der Waals surface area contributed by atoms with E-state index in [1.54, 1.807) is 11.8 Å². The normalized spacial score (nSPS) is 28.1. The number of hydrogen-bond acceptors (Lipinski definition) is 4. The molecule has 1 heterocycles. The number of carbonyl (C=O) groups is 2. The van der Waals surface area contributed by atoms with Gasteiger partial charge in [0, 0.05) is 11.6 Å². The lowest BCUT2D eigenvalue weighted by atomic mass is 9.76. The van der Waals surface area contributed by atoms with Gasteiger partial charge < -0.3 is 10.4 Å². The molecule has 0 aromatic rings. The van der Waals surface area contributed by atoms with Crippen LogP contribution in [-0.2, 0) is 9.59 Å². The number of nitrogens with one attached hydrogen (secondary N) is 2. The maximum absolute atomic E-state index is 11.7. The van der Waals surface area contributed by atoms with Crippen LogP contribution >= 0.6 is 11.8 Å². The molecule has 1 unspecified atom stereocenters. The molecule has 2 fully saturated rings. The van der Waals surface area contributed by atoms with Crippen LogP contribution in [0, 0.1) is 0 Å². The first-order chi connectivity index (χ1) is 7.14. The van der Waals surface area contributed by atoms with Crippen molar-refractivity contribution in [3.8, 4) is 0 Å². The summed E-state index contributed by atoms with van der Waals surface area (Å²) < 4.78 is 0. The van der Waals surface area contributed by atoms with Crippen molar-refractivity contribution in [3.05, 3.63) is 0 Å². The van der Waals surface area contributed by atoms with E-state index in [2.05, 4.69) is 10.6 Å². The Kier molecular flexibility index (Phi) is 2.88. The molecular formula is C9H14N2O3S. The summed E-state index contributed by atoms with van der Waals surface area (Å²) in [5.74, 6) is 0.398. The lowest BCUT2D eigenvalue weighted by molar-refractivity contribution is -0.152. The van der Waals surface area contributed by atoms with Crippen LogP contribution in [-0.4, -0.2) is 40.2 Å². The Morgan fingerprint density at radius 3 is 2.60 bits per heavy atom. The lowest BCUT2D eigenvalue weighted by Gasteiger charge is -2.38. The summed E-state index contributed by atoms with van der Waals surface area (Å²) in [6.07, 6.45) is 1.97. The standard InChI is InChI=1S/C9H14N2O3S/c12-7(6-4-15-5-10-6)11-9(8(13)14)2-1-3-9/h6,10H,1-5H2,(H,11,12)(H,13,14). The Labute approximate surface area is 92.0 Å². The third kappa shape index (κ3) is 1.96. The predicted octanol–water partition coefficient (Wildman–Crippen LogP) is -0.228. The summed E-state index contributed by atoms with van der Waals surface area (Å²) in [5.41, 5.74) is -0.980. The molecule has 0 aromatic heterocycles. The van der Waals surface area contributed by atoms with Gasteiger partial charge in [-0.1, -0.05) is 0 Å². The van der Waals surface area contributed by atoms with Gasteiger partial charge in [0.1, 0.15) is 5.54 Å². The molecule has 1 saturated carbocycles. The highest BCUT2D eigenvalue weighted by Gasteiger charge is 2.46. The van der Waals surface area contributed by atoms with Crippen molar-refractivity contribution in [2.24, 2.45) is 0 Å². The zero-order valence-corrected chi connectivity index (χ0v) is 9.10. The molecule has 1 amide bonds. The quantitative estimate of drug-likeness (QED) is 0.624. The SMILES string of the molecule is O=C(NC1(C(=O)O)CCC1)C1CSCN1. The monoisotopic (exact) mass is 230 g/mol. The predicted molar refractivity (Wildman–Crippen MR) is 56.6 cm³/mol. The average molecular weight is 230 g/mol. The fraction of sp³-hybridized carbons (Fsp3) is 0.778. The topological polar surface area (TPSA) is 78.4 Å². The van der Waals surface area contributed by atoms with Gasteiger partial charge in [-0.3, -0.25) is 10.1 Å². The van der Waals surface area contributed by atoms with Crippen LogP contribution in [0.4, 0.5) is 0 Å². The van der Waals surface area contributed by atoms with Gasteiger partial charge in [-0.15, -0.1) is 11.8 Å². The van der Waals surface area contributed by atoms with Crippen molar-refractivity contribution < 1.29 is 14.7 Å². The average Bonchev–Trinajstić information content (AvgIpc) is 2.62. The van der Waals surface area contributed by atoms with Gasteiger partial charge in [-0.25, -0.2) is 4.79 Å². The zero-order chi connectivity index (χ0) is 10.9. The Balaban J connectivity index is 1.94. The molecule has 1 saturated heterocycles. The molecule has 15 heavy (non-hydrogen) atoms. The second-order valence-corrected chi connectivity index (χ2v) is 5.03. The molecule has 1 atom stereocenters. The minimum atomic E-state index is -0.980. The number of carboxylic acids is 1. The molecule has 6 heteroatoms. The maximum atomic E-state index is 11.7. The van der Waals surface area contributed by atoms with Crippen molar-refractivity contribution in [1.82, 2.24) is 10.6 Å². The number of carboxylic acid groups (broad SMARTS) is 1. The zero-order valence-electron chi connectivity index (χ0n) is 8.28. The van der Waals surface area contributed by atoms with E-state index < -0.39 is 11.5 Å². The van der Waals surface area contributed by atoms with Crippen molar-refractivity contribution >= 4 is 23.6 Å². The fourth-order valence-corrected chi connectivity index (χ4v) is 2.75. The van der Waals surface area contributed by atoms with Crippen molar-refractivity contribution in [3.63, 3.8) is 0 Å². The van der Waals surface area contributed by atoms with Gasteiger partial charge in [0.05, 0.1) is 6.04 Å². The third-order valence-electron chi connectivity index (χ3n) is 3.01. The maximum Gasteiger partial charge on any atom is 0.329 e. The Bertz CT molecular complexity index is 285. The van der Waals surface area contributed by atoms with Gasteiger partial charge >= 0.3 is 5.97 Å². The fourth-order valence-electron chi connectivity index (χ4n) is 1.81. The number of carbonyl (C=O) groups excluding carboxylic acids is 1. The van der Waals surface area contributed by atoms with E-state index in [4.69, 9.17) is 5.11 Å². The minimum absolute atomic E-state index is 0.179. The first kappa shape index (κ1) is 10.8. The molecule has 1 aliphatic heterocycles. The summed E-state index contributed by atoms with van der Waals surface area (Å²) in [6.45, 7) is 0. The highest BCUT2D eigenvalue weighted by molar-refractivity contribution is 7.99. The summed E-state index contributed by atoms with van der Waals surface area (Å²) >= 11 is 1.65. The van der Waals surface area contributed by atoms with Crippen LogP contribution in [0.3, 0.4) is 0 Å². The molecule has 0 aromatic carbocycles. The highest BCUT2D eigenvalue weighted by atomic mass is 32.2. The third-order valence-corrected chi connectivity index (χ3v) is 3.95. The van der Waals surface area contributed by atoms with E-state index in [-0.39, 0.29) is 11.9 Å². The number of amides is 1. The van der Waals surface area contributed by atoms with E-state index in [9.17, 15) is 9.59 Å². The molecule has 3 N–H and O–H groups in total. The van der Waals surface area contributed by atoms with Crippen molar-refractivity contribution in [2.45, 2.75) is 30.8 Å². The van der Waals surface area contributed by atoms with Crippen LogP contribution in [0.5, 0.6) is 0 Å². The number of rotatable bonds is 3. The molecule has 0 radical (unpaired) electrons. The molecule has 5 nitrogen and oxygen atoms in total. The van der Waals surface area contributed by atoms with E-state index in [0.29, 0.717) is 12.8 Å². The van der Waals surface area contributed by atoms with E-state index in [1.807, 2.05) is 0 Å². The Hall–Kier alpha value is -0.750. The van der Waals surface area contributed by atoms with Crippen LogP contribution in [0.2, 0.25) is 0 Å². The number of thioether (sulfide) groups is 1. The molecule has 0 bridgehead atoms. The van der Waals surface area contributed by atoms with Crippen LogP contribution in [0.15, 0.2) is 0 Å². The summed E-state index contributed by atoms with van der Waals surface area (Å²) in [4.78, 5) is 22.7. The molecule has 0 spiro atoms. The lowest BCUT2D eigenvalue weighted by Crippen LogP contribution is -2.62. The van der Waals surface area contributed by atoms with Gasteiger partial charge in [0.25, 0.3) is 0 Å².